The second-order valence-electron chi connectivity index (χ2n) is 5.26. The molecule has 7 nitrogen and oxygen atoms in total. The summed E-state index contributed by atoms with van der Waals surface area (Å²) in [6.45, 7) is 6.89. The maximum absolute atomic E-state index is 12.2. The minimum Gasteiger partial charge on any atom is -0.478 e. The largest absolute Gasteiger partial charge is 0.478 e. The molecule has 0 aliphatic heterocycles. The first-order chi connectivity index (χ1) is 10.8. The first-order valence-corrected chi connectivity index (χ1v) is 8.97. The van der Waals surface area contributed by atoms with Gasteiger partial charge in [0.15, 0.2) is 0 Å². The van der Waals surface area contributed by atoms with Crippen LogP contribution in [0.5, 0.6) is 0 Å². The van der Waals surface area contributed by atoms with Gasteiger partial charge in [0.05, 0.1) is 10.5 Å². The number of hydrogen-bond donors (Lipinski definition) is 3. The molecule has 0 fully saturated rings. The Morgan fingerprint density at radius 2 is 2.04 bits per heavy atom. The van der Waals surface area contributed by atoms with Crippen LogP contribution in [-0.2, 0) is 14.8 Å². The van der Waals surface area contributed by atoms with Gasteiger partial charge < -0.3 is 15.2 Å². The van der Waals surface area contributed by atoms with Gasteiger partial charge in [-0.25, -0.2) is 17.9 Å². The summed E-state index contributed by atoms with van der Waals surface area (Å²) in [4.78, 5) is 11.3. The van der Waals surface area contributed by atoms with Crippen LogP contribution in [0.15, 0.2) is 23.1 Å². The molecule has 0 heterocycles. The van der Waals surface area contributed by atoms with Crippen LogP contribution in [0.4, 0.5) is 5.69 Å². The Bertz CT molecular complexity index is 629. The monoisotopic (exact) mass is 344 g/mol. The number of ether oxygens (including phenoxy) is 1. The second kappa shape index (κ2) is 8.85. The molecule has 0 bridgehead atoms. The number of rotatable bonds is 10. The Balaban J connectivity index is 2.90. The lowest BCUT2D eigenvalue weighted by Gasteiger charge is -2.14. The van der Waals surface area contributed by atoms with E-state index in [1.165, 1.54) is 12.1 Å². The summed E-state index contributed by atoms with van der Waals surface area (Å²) in [6.07, 6.45) is 0.547. The Hall–Kier alpha value is -1.64. The SMILES string of the molecule is CCOCCCNS(=O)(=O)c1ccc(NC(C)C)c(C(=O)O)c1. The summed E-state index contributed by atoms with van der Waals surface area (Å²) in [6, 6.07) is 4.06. The van der Waals surface area contributed by atoms with Gasteiger partial charge in [-0.15, -0.1) is 0 Å². The molecule has 3 N–H and O–H groups in total. The maximum atomic E-state index is 12.2. The summed E-state index contributed by atoms with van der Waals surface area (Å²) in [5, 5.41) is 12.3. The molecule has 0 spiro atoms. The van der Waals surface area contributed by atoms with Crippen molar-refractivity contribution >= 4 is 21.7 Å². The van der Waals surface area contributed by atoms with Gasteiger partial charge in [-0.3, -0.25) is 0 Å². The molecule has 8 heteroatoms. The molecular formula is C15H24N2O5S. The number of anilines is 1. The molecule has 0 aromatic heterocycles. The molecular weight excluding hydrogens is 320 g/mol. The predicted molar refractivity (Wildman–Crippen MR) is 88.5 cm³/mol. The minimum atomic E-state index is -3.75. The van der Waals surface area contributed by atoms with Crippen LogP contribution in [0.25, 0.3) is 0 Å². The van der Waals surface area contributed by atoms with Crippen LogP contribution in [0, 0.1) is 0 Å². The standard InChI is InChI=1S/C15H24N2O5S/c1-4-22-9-5-8-16-23(20,21)12-6-7-14(17-11(2)3)13(10-12)15(18)19/h6-7,10-11,16-17H,4-5,8-9H2,1-3H3,(H,18,19). The van der Waals surface area contributed by atoms with Crippen molar-refractivity contribution in [3.63, 3.8) is 0 Å². The van der Waals surface area contributed by atoms with Crippen LogP contribution >= 0.6 is 0 Å². The van der Waals surface area contributed by atoms with E-state index in [-0.39, 0.29) is 23.0 Å². The van der Waals surface area contributed by atoms with E-state index in [2.05, 4.69) is 10.0 Å². The summed E-state index contributed by atoms with van der Waals surface area (Å²) in [5.74, 6) is -1.18. The van der Waals surface area contributed by atoms with Gasteiger partial charge in [-0.2, -0.15) is 0 Å². The summed E-state index contributed by atoms with van der Waals surface area (Å²) in [7, 11) is -3.75. The maximum Gasteiger partial charge on any atom is 0.337 e. The van der Waals surface area contributed by atoms with Crippen molar-refractivity contribution < 1.29 is 23.1 Å². The van der Waals surface area contributed by atoms with E-state index in [1.54, 1.807) is 0 Å². The van der Waals surface area contributed by atoms with E-state index in [0.29, 0.717) is 25.3 Å². The van der Waals surface area contributed by atoms with Crippen molar-refractivity contribution in [2.75, 3.05) is 25.1 Å². The van der Waals surface area contributed by atoms with Crippen LogP contribution < -0.4 is 10.0 Å². The zero-order chi connectivity index (χ0) is 17.5. The van der Waals surface area contributed by atoms with Gasteiger partial charge in [0.2, 0.25) is 10.0 Å². The van der Waals surface area contributed by atoms with Gasteiger partial charge in [0.1, 0.15) is 0 Å². The zero-order valence-electron chi connectivity index (χ0n) is 13.6. The average Bonchev–Trinajstić information content (AvgIpc) is 2.46. The lowest BCUT2D eigenvalue weighted by atomic mass is 10.1. The molecule has 1 aromatic rings. The number of carbonyl (C=O) groups is 1. The fourth-order valence-electron chi connectivity index (χ4n) is 1.91. The Kier molecular flexibility index (Phi) is 7.47. The van der Waals surface area contributed by atoms with Crippen LogP contribution in [-0.4, -0.2) is 45.3 Å². The highest BCUT2D eigenvalue weighted by Crippen LogP contribution is 2.21. The van der Waals surface area contributed by atoms with E-state index >= 15 is 0 Å². The van der Waals surface area contributed by atoms with Gasteiger partial charge in [0.25, 0.3) is 0 Å². The minimum absolute atomic E-state index is 0.0345. The summed E-state index contributed by atoms with van der Waals surface area (Å²) >= 11 is 0. The number of carboxylic acids is 1. The lowest BCUT2D eigenvalue weighted by molar-refractivity contribution is 0.0697. The van der Waals surface area contributed by atoms with Crippen molar-refractivity contribution in [1.82, 2.24) is 4.72 Å². The molecule has 0 aliphatic carbocycles. The smallest absolute Gasteiger partial charge is 0.337 e. The molecule has 0 saturated heterocycles. The molecule has 0 radical (unpaired) electrons. The molecule has 1 aromatic carbocycles. The van der Waals surface area contributed by atoms with Gasteiger partial charge in [-0.1, -0.05) is 0 Å². The Morgan fingerprint density at radius 1 is 1.35 bits per heavy atom. The number of sulfonamides is 1. The molecule has 23 heavy (non-hydrogen) atoms. The second-order valence-corrected chi connectivity index (χ2v) is 7.03. The van der Waals surface area contributed by atoms with Gasteiger partial charge in [-0.05, 0) is 45.4 Å². The van der Waals surface area contributed by atoms with Crippen LogP contribution in [0.2, 0.25) is 0 Å². The van der Waals surface area contributed by atoms with Crippen LogP contribution in [0.1, 0.15) is 37.6 Å². The third-order valence-electron chi connectivity index (χ3n) is 2.94. The van der Waals surface area contributed by atoms with E-state index in [0.717, 1.165) is 6.07 Å². The quantitative estimate of drug-likeness (QED) is 0.560. The number of aromatic carboxylic acids is 1. The molecule has 1 rings (SSSR count). The van der Waals surface area contributed by atoms with E-state index in [1.807, 2.05) is 20.8 Å². The first-order valence-electron chi connectivity index (χ1n) is 7.49. The lowest BCUT2D eigenvalue weighted by Crippen LogP contribution is -2.26. The highest BCUT2D eigenvalue weighted by Gasteiger charge is 2.19. The summed E-state index contributed by atoms with van der Waals surface area (Å²) in [5.41, 5.74) is 0.318. The van der Waals surface area contributed by atoms with Gasteiger partial charge in [0, 0.05) is 31.5 Å². The highest BCUT2D eigenvalue weighted by molar-refractivity contribution is 7.89. The topological polar surface area (TPSA) is 105 Å². The molecule has 0 saturated carbocycles. The van der Waals surface area contributed by atoms with Crippen molar-refractivity contribution in [1.29, 1.82) is 0 Å². The predicted octanol–water partition coefficient (Wildman–Crippen LogP) is 1.91. The normalized spacial score (nSPS) is 11.7. The molecule has 0 unspecified atom stereocenters. The third-order valence-corrected chi connectivity index (χ3v) is 4.40. The van der Waals surface area contributed by atoms with Crippen molar-refractivity contribution in [3.05, 3.63) is 23.8 Å². The Morgan fingerprint density at radius 3 is 2.61 bits per heavy atom. The fraction of sp³-hybridized carbons (Fsp3) is 0.533. The molecule has 0 amide bonds. The number of benzene rings is 1. The van der Waals surface area contributed by atoms with Crippen molar-refractivity contribution in [2.45, 2.75) is 38.1 Å². The number of nitrogens with one attached hydrogen (secondary N) is 2. The van der Waals surface area contributed by atoms with E-state index < -0.39 is 16.0 Å². The van der Waals surface area contributed by atoms with Gasteiger partial charge >= 0.3 is 5.97 Å². The Labute approximate surface area is 137 Å². The van der Waals surface area contributed by atoms with E-state index in [4.69, 9.17) is 4.74 Å². The van der Waals surface area contributed by atoms with Crippen molar-refractivity contribution in [3.8, 4) is 0 Å². The highest BCUT2D eigenvalue weighted by atomic mass is 32.2. The fourth-order valence-corrected chi connectivity index (χ4v) is 3.01. The van der Waals surface area contributed by atoms with Crippen molar-refractivity contribution in [2.24, 2.45) is 0 Å². The average molecular weight is 344 g/mol. The number of hydrogen-bond acceptors (Lipinski definition) is 5. The van der Waals surface area contributed by atoms with E-state index in [9.17, 15) is 18.3 Å². The molecule has 0 aliphatic rings. The summed E-state index contributed by atoms with van der Waals surface area (Å²) < 4.78 is 32.0. The zero-order valence-corrected chi connectivity index (χ0v) is 14.4. The van der Waals surface area contributed by atoms with Crippen LogP contribution in [0.3, 0.4) is 0 Å². The molecule has 130 valence electrons. The number of carboxylic acid groups (broad SMARTS) is 1. The first kappa shape index (κ1) is 19.4. The molecule has 0 atom stereocenters. The third kappa shape index (κ3) is 6.17.